The molecule has 0 bridgehead atoms. The van der Waals surface area contributed by atoms with Crippen LogP contribution in [0.15, 0.2) is 60.7 Å². The number of hydrogen-bond acceptors (Lipinski definition) is 1. The molecule has 2 aromatic carbocycles. The summed E-state index contributed by atoms with van der Waals surface area (Å²) in [7, 11) is 0. The zero-order valence-electron chi connectivity index (χ0n) is 11.7. The molecule has 0 spiro atoms. The molecule has 1 fully saturated rings. The fourth-order valence-electron chi connectivity index (χ4n) is 2.70. The van der Waals surface area contributed by atoms with Crippen LogP contribution in [0.5, 0.6) is 0 Å². The Kier molecular flexibility index (Phi) is 4.57. The SMILES string of the molecule is C[C@H]1CCO[C@@H](c2ccccc2)[C@@H]1[Se]c1ccccc1. The van der Waals surface area contributed by atoms with E-state index in [1.807, 2.05) is 0 Å². The van der Waals surface area contributed by atoms with E-state index in [0.717, 1.165) is 12.5 Å². The third kappa shape index (κ3) is 3.15. The molecule has 0 amide bonds. The van der Waals surface area contributed by atoms with Gasteiger partial charge in [-0.05, 0) is 0 Å². The Morgan fingerprint density at radius 3 is 2.30 bits per heavy atom. The molecule has 0 unspecified atom stereocenters. The molecule has 1 heterocycles. The summed E-state index contributed by atoms with van der Waals surface area (Å²) in [6, 6.07) is 21.6. The first-order chi connectivity index (χ1) is 9.84. The first-order valence-corrected chi connectivity index (χ1v) is 9.07. The van der Waals surface area contributed by atoms with Crippen molar-refractivity contribution < 1.29 is 4.74 Å². The average Bonchev–Trinajstić information content (AvgIpc) is 2.51. The molecular weight excluding hydrogens is 311 g/mol. The summed E-state index contributed by atoms with van der Waals surface area (Å²) >= 11 is 0.460. The van der Waals surface area contributed by atoms with E-state index >= 15 is 0 Å². The summed E-state index contributed by atoms with van der Waals surface area (Å²) in [5.41, 5.74) is 1.34. The molecule has 20 heavy (non-hydrogen) atoms. The topological polar surface area (TPSA) is 9.23 Å². The maximum absolute atomic E-state index is 6.13. The van der Waals surface area contributed by atoms with Crippen LogP contribution in [0, 0.1) is 5.92 Å². The van der Waals surface area contributed by atoms with Crippen molar-refractivity contribution in [3.05, 3.63) is 66.2 Å². The van der Waals surface area contributed by atoms with E-state index in [2.05, 4.69) is 67.6 Å². The molecule has 1 nitrogen and oxygen atoms in total. The second kappa shape index (κ2) is 6.58. The van der Waals surface area contributed by atoms with Crippen molar-refractivity contribution in [1.29, 1.82) is 0 Å². The van der Waals surface area contributed by atoms with Gasteiger partial charge in [-0.1, -0.05) is 0 Å². The van der Waals surface area contributed by atoms with Gasteiger partial charge in [0.15, 0.2) is 0 Å². The first-order valence-electron chi connectivity index (χ1n) is 7.23. The molecule has 0 aliphatic carbocycles. The van der Waals surface area contributed by atoms with Gasteiger partial charge < -0.3 is 0 Å². The monoisotopic (exact) mass is 332 g/mol. The van der Waals surface area contributed by atoms with Gasteiger partial charge in [0.05, 0.1) is 0 Å². The van der Waals surface area contributed by atoms with Gasteiger partial charge in [-0.15, -0.1) is 0 Å². The van der Waals surface area contributed by atoms with Gasteiger partial charge >= 0.3 is 127 Å². The Balaban J connectivity index is 1.84. The minimum atomic E-state index is 0.264. The van der Waals surface area contributed by atoms with Crippen molar-refractivity contribution in [1.82, 2.24) is 0 Å². The Morgan fingerprint density at radius 2 is 1.60 bits per heavy atom. The summed E-state index contributed by atoms with van der Waals surface area (Å²) in [4.78, 5) is 0.626. The van der Waals surface area contributed by atoms with Crippen LogP contribution in [0.3, 0.4) is 0 Å². The van der Waals surface area contributed by atoms with Crippen molar-refractivity contribution in [2.24, 2.45) is 5.92 Å². The van der Waals surface area contributed by atoms with Gasteiger partial charge in [-0.3, -0.25) is 0 Å². The quantitative estimate of drug-likeness (QED) is 0.781. The van der Waals surface area contributed by atoms with Crippen molar-refractivity contribution in [2.45, 2.75) is 24.3 Å². The molecule has 1 aliphatic heterocycles. The summed E-state index contributed by atoms with van der Waals surface area (Å²) in [5.74, 6) is 0.731. The Hall–Kier alpha value is -1.08. The van der Waals surface area contributed by atoms with Crippen LogP contribution in [0.1, 0.15) is 25.0 Å². The number of benzene rings is 2. The predicted octanol–water partition coefficient (Wildman–Crippen LogP) is 3.60. The summed E-state index contributed by atoms with van der Waals surface area (Å²) in [5, 5.41) is 0. The second-order valence-electron chi connectivity index (χ2n) is 5.36. The maximum atomic E-state index is 6.13. The standard InChI is InChI=1S/C18H20OSe/c1-14-12-13-19-17(15-8-4-2-5-9-15)18(14)20-16-10-6-3-7-11-16/h2-11,14,17-18H,12-13H2,1H3/t14-,17-,18+/m0/s1. The Labute approximate surface area is 127 Å². The van der Waals surface area contributed by atoms with Gasteiger partial charge in [0, 0.05) is 0 Å². The summed E-state index contributed by atoms with van der Waals surface area (Å²) in [6.07, 6.45) is 1.45. The molecule has 0 saturated carbocycles. The molecule has 0 aromatic heterocycles. The van der Waals surface area contributed by atoms with Crippen molar-refractivity contribution >= 4 is 19.4 Å². The van der Waals surface area contributed by atoms with Crippen LogP contribution < -0.4 is 4.46 Å². The molecular formula is C18H20OSe. The number of ether oxygens (including phenoxy) is 1. The van der Waals surface area contributed by atoms with E-state index in [9.17, 15) is 0 Å². The van der Waals surface area contributed by atoms with Gasteiger partial charge in [0.25, 0.3) is 0 Å². The summed E-state index contributed by atoms with van der Waals surface area (Å²) < 4.78 is 7.61. The average molecular weight is 331 g/mol. The molecule has 1 aliphatic rings. The van der Waals surface area contributed by atoms with Crippen LogP contribution in [0.2, 0.25) is 4.82 Å². The number of rotatable bonds is 3. The summed E-state index contributed by atoms with van der Waals surface area (Å²) in [6.45, 7) is 3.27. The number of hydrogen-bond donors (Lipinski definition) is 0. The van der Waals surface area contributed by atoms with Crippen LogP contribution in [-0.4, -0.2) is 21.6 Å². The zero-order valence-corrected chi connectivity index (χ0v) is 13.4. The normalized spacial score (nSPS) is 26.4. The second-order valence-corrected chi connectivity index (χ2v) is 7.99. The Bertz CT molecular complexity index is 526. The fourth-order valence-corrected chi connectivity index (χ4v) is 5.55. The van der Waals surface area contributed by atoms with Crippen LogP contribution >= 0.6 is 0 Å². The van der Waals surface area contributed by atoms with E-state index < -0.39 is 0 Å². The van der Waals surface area contributed by atoms with E-state index in [-0.39, 0.29) is 6.10 Å². The van der Waals surface area contributed by atoms with Crippen LogP contribution in [0.4, 0.5) is 0 Å². The van der Waals surface area contributed by atoms with E-state index in [0.29, 0.717) is 19.8 Å². The van der Waals surface area contributed by atoms with Crippen LogP contribution in [0.25, 0.3) is 0 Å². The van der Waals surface area contributed by atoms with Gasteiger partial charge in [-0.25, -0.2) is 0 Å². The van der Waals surface area contributed by atoms with Gasteiger partial charge in [-0.2, -0.15) is 0 Å². The molecule has 2 heteroatoms. The van der Waals surface area contributed by atoms with E-state index in [1.54, 1.807) is 0 Å². The molecule has 3 rings (SSSR count). The third-order valence-corrected chi connectivity index (χ3v) is 7.08. The molecule has 2 aromatic rings. The third-order valence-electron chi connectivity index (χ3n) is 3.87. The van der Waals surface area contributed by atoms with Gasteiger partial charge in [0.1, 0.15) is 0 Å². The van der Waals surface area contributed by atoms with E-state index in [1.165, 1.54) is 16.4 Å². The van der Waals surface area contributed by atoms with Crippen molar-refractivity contribution in [2.75, 3.05) is 6.61 Å². The fraction of sp³-hybridized carbons (Fsp3) is 0.333. The molecule has 104 valence electrons. The minimum absolute atomic E-state index is 0.264. The van der Waals surface area contributed by atoms with E-state index in [4.69, 9.17) is 4.74 Å². The first kappa shape index (κ1) is 13.9. The van der Waals surface area contributed by atoms with Gasteiger partial charge in [0.2, 0.25) is 0 Å². The Morgan fingerprint density at radius 1 is 0.950 bits per heavy atom. The van der Waals surface area contributed by atoms with Crippen molar-refractivity contribution in [3.8, 4) is 0 Å². The molecule has 0 N–H and O–H groups in total. The zero-order chi connectivity index (χ0) is 13.8. The predicted molar refractivity (Wildman–Crippen MR) is 84.5 cm³/mol. The van der Waals surface area contributed by atoms with Crippen molar-refractivity contribution in [3.63, 3.8) is 0 Å². The van der Waals surface area contributed by atoms with Crippen LogP contribution in [-0.2, 0) is 4.74 Å². The molecule has 1 saturated heterocycles. The molecule has 3 atom stereocenters. The molecule has 0 radical (unpaired) electrons.